The Morgan fingerprint density at radius 2 is 1.89 bits per heavy atom. The molecule has 0 spiro atoms. The number of aliphatic carboxylic acids is 1. The van der Waals surface area contributed by atoms with Crippen molar-refractivity contribution in [1.82, 2.24) is 5.32 Å². The number of halogens is 1. The predicted molar refractivity (Wildman–Crippen MR) is 82.0 cm³/mol. The number of carbonyl (C=O) groups is 2. The van der Waals surface area contributed by atoms with Crippen molar-refractivity contribution in [1.29, 1.82) is 0 Å². The number of carbonyl (C=O) groups excluding carboxylic acids is 1. The molecular weight excluding hydrogens is 357 g/mol. The summed E-state index contributed by atoms with van der Waals surface area (Å²) in [5, 5.41) is 11.1. The molecule has 1 amide bonds. The van der Waals surface area contributed by atoms with Crippen LogP contribution in [-0.2, 0) is 16.0 Å². The molecule has 0 fully saturated rings. The first kappa shape index (κ1) is 15.9. The zero-order valence-corrected chi connectivity index (χ0v) is 13.0. The van der Waals surface area contributed by atoms with Crippen molar-refractivity contribution < 1.29 is 14.7 Å². The molecule has 1 atom stereocenters. The molecule has 0 aromatic heterocycles. The van der Waals surface area contributed by atoms with Gasteiger partial charge in [-0.25, -0.2) is 0 Å². The number of aryl methyl sites for hydroxylation is 1. The van der Waals surface area contributed by atoms with Gasteiger partial charge in [-0.05, 0) is 66.5 Å². The van der Waals surface area contributed by atoms with E-state index in [1.165, 1.54) is 16.1 Å². The number of amides is 1. The molecule has 1 aromatic carbocycles. The van der Waals surface area contributed by atoms with Gasteiger partial charge in [0.15, 0.2) is 0 Å². The lowest BCUT2D eigenvalue weighted by Gasteiger charge is -2.08. The fraction of sp³-hybridized carbons (Fsp3) is 0.429. The molecule has 1 aromatic rings. The van der Waals surface area contributed by atoms with E-state index in [0.717, 1.165) is 19.3 Å². The number of benzene rings is 1. The molecule has 0 radical (unpaired) electrons. The average Bonchev–Trinajstić information content (AvgIpc) is 2.36. The van der Waals surface area contributed by atoms with Gasteiger partial charge in [-0.1, -0.05) is 12.1 Å². The molecular formula is C14H18INO3. The minimum Gasteiger partial charge on any atom is -0.480 e. The number of hydrogen-bond donors (Lipinski definition) is 2. The van der Waals surface area contributed by atoms with Crippen LogP contribution in [0.25, 0.3) is 0 Å². The molecule has 19 heavy (non-hydrogen) atoms. The van der Waals surface area contributed by atoms with E-state index in [9.17, 15) is 9.59 Å². The lowest BCUT2D eigenvalue weighted by Crippen LogP contribution is -2.38. The summed E-state index contributed by atoms with van der Waals surface area (Å²) in [5.41, 5.74) is 1.26. The first-order valence-electron chi connectivity index (χ1n) is 6.25. The standard InChI is InChI=1S/C14H18INO3/c1-10(14(18)19)16-13(17)5-3-2-4-11-6-8-12(15)9-7-11/h6-10H,2-5H2,1H3,(H,16,17)(H,18,19)/t10-/m0/s1. The topological polar surface area (TPSA) is 66.4 Å². The summed E-state index contributed by atoms with van der Waals surface area (Å²) >= 11 is 2.27. The van der Waals surface area contributed by atoms with Gasteiger partial charge in [0.05, 0.1) is 0 Å². The minimum absolute atomic E-state index is 0.197. The second-order valence-corrected chi connectivity index (χ2v) is 5.71. The highest BCUT2D eigenvalue weighted by Crippen LogP contribution is 2.10. The highest BCUT2D eigenvalue weighted by molar-refractivity contribution is 14.1. The molecule has 0 saturated carbocycles. The molecule has 4 nitrogen and oxygen atoms in total. The molecule has 0 unspecified atom stereocenters. The molecule has 0 saturated heterocycles. The molecule has 104 valence electrons. The number of rotatable bonds is 7. The summed E-state index contributed by atoms with van der Waals surface area (Å²) in [5.74, 6) is -1.20. The first-order valence-corrected chi connectivity index (χ1v) is 7.33. The van der Waals surface area contributed by atoms with Crippen LogP contribution in [0.2, 0.25) is 0 Å². The third-order valence-corrected chi connectivity index (χ3v) is 3.50. The van der Waals surface area contributed by atoms with Gasteiger partial charge in [-0.2, -0.15) is 0 Å². The normalized spacial score (nSPS) is 11.9. The average molecular weight is 375 g/mol. The molecule has 0 aliphatic heterocycles. The zero-order valence-electron chi connectivity index (χ0n) is 10.9. The molecule has 1 rings (SSSR count). The van der Waals surface area contributed by atoms with E-state index in [0.29, 0.717) is 6.42 Å². The Hall–Kier alpha value is -1.11. The van der Waals surface area contributed by atoms with Crippen molar-refractivity contribution >= 4 is 34.5 Å². The van der Waals surface area contributed by atoms with Crippen molar-refractivity contribution in [3.63, 3.8) is 0 Å². The van der Waals surface area contributed by atoms with E-state index in [4.69, 9.17) is 5.11 Å². The van der Waals surface area contributed by atoms with Crippen molar-refractivity contribution in [2.75, 3.05) is 0 Å². The lowest BCUT2D eigenvalue weighted by molar-refractivity contribution is -0.141. The van der Waals surface area contributed by atoms with Crippen LogP contribution in [0.15, 0.2) is 24.3 Å². The summed E-state index contributed by atoms with van der Waals surface area (Å²) in [7, 11) is 0. The maximum Gasteiger partial charge on any atom is 0.325 e. The Morgan fingerprint density at radius 1 is 1.26 bits per heavy atom. The van der Waals surface area contributed by atoms with E-state index >= 15 is 0 Å². The molecule has 0 bridgehead atoms. The van der Waals surface area contributed by atoms with Gasteiger partial charge in [0.1, 0.15) is 6.04 Å². The van der Waals surface area contributed by atoms with Crippen LogP contribution >= 0.6 is 22.6 Å². The van der Waals surface area contributed by atoms with Gasteiger partial charge in [-0.15, -0.1) is 0 Å². The van der Waals surface area contributed by atoms with Crippen LogP contribution in [0, 0.1) is 3.57 Å². The highest BCUT2D eigenvalue weighted by atomic mass is 127. The van der Waals surface area contributed by atoms with Gasteiger partial charge in [0.2, 0.25) is 5.91 Å². The third kappa shape index (κ3) is 6.56. The maximum atomic E-state index is 11.4. The fourth-order valence-corrected chi connectivity index (χ4v) is 2.00. The van der Waals surface area contributed by atoms with Gasteiger partial charge in [0.25, 0.3) is 0 Å². The maximum absolute atomic E-state index is 11.4. The van der Waals surface area contributed by atoms with Crippen LogP contribution in [0.3, 0.4) is 0 Å². The van der Waals surface area contributed by atoms with Crippen molar-refractivity contribution in [2.45, 2.75) is 38.6 Å². The molecule has 0 aliphatic rings. The summed E-state index contributed by atoms with van der Waals surface area (Å²) in [4.78, 5) is 22.0. The Balaban J connectivity index is 2.18. The van der Waals surface area contributed by atoms with Gasteiger partial charge < -0.3 is 10.4 Å². The molecule has 0 heterocycles. The molecule has 5 heteroatoms. The number of carboxylic acid groups (broad SMARTS) is 1. The minimum atomic E-state index is -1.01. The van der Waals surface area contributed by atoms with E-state index in [1.807, 2.05) is 0 Å². The Bertz CT molecular complexity index is 431. The van der Waals surface area contributed by atoms with Gasteiger partial charge >= 0.3 is 5.97 Å². The van der Waals surface area contributed by atoms with Crippen molar-refractivity contribution in [3.8, 4) is 0 Å². The first-order chi connectivity index (χ1) is 8.99. The van der Waals surface area contributed by atoms with E-state index in [2.05, 4.69) is 52.2 Å². The number of hydrogen-bond acceptors (Lipinski definition) is 2. The quantitative estimate of drug-likeness (QED) is 0.569. The smallest absolute Gasteiger partial charge is 0.325 e. The van der Waals surface area contributed by atoms with E-state index < -0.39 is 12.0 Å². The highest BCUT2D eigenvalue weighted by Gasteiger charge is 2.13. The van der Waals surface area contributed by atoms with Crippen LogP contribution in [0.5, 0.6) is 0 Å². The summed E-state index contributed by atoms with van der Waals surface area (Å²) in [6.07, 6.45) is 3.01. The second-order valence-electron chi connectivity index (χ2n) is 4.46. The Kier molecular flexibility index (Phi) is 6.83. The second kappa shape index (κ2) is 8.14. The number of nitrogens with one attached hydrogen (secondary N) is 1. The van der Waals surface area contributed by atoms with E-state index in [-0.39, 0.29) is 5.91 Å². The SMILES string of the molecule is C[C@H](NC(=O)CCCCc1ccc(I)cc1)C(=O)O. The van der Waals surface area contributed by atoms with Crippen LogP contribution in [-0.4, -0.2) is 23.0 Å². The van der Waals surface area contributed by atoms with Crippen molar-refractivity contribution in [3.05, 3.63) is 33.4 Å². The van der Waals surface area contributed by atoms with E-state index in [1.54, 1.807) is 0 Å². The van der Waals surface area contributed by atoms with Crippen molar-refractivity contribution in [2.24, 2.45) is 0 Å². The lowest BCUT2D eigenvalue weighted by atomic mass is 10.1. The summed E-state index contributed by atoms with van der Waals surface area (Å²) < 4.78 is 1.21. The van der Waals surface area contributed by atoms with Crippen LogP contribution in [0.1, 0.15) is 31.7 Å². The third-order valence-electron chi connectivity index (χ3n) is 2.78. The number of unbranched alkanes of at least 4 members (excludes halogenated alkanes) is 1. The fourth-order valence-electron chi connectivity index (χ4n) is 1.64. The summed E-state index contributed by atoms with van der Waals surface area (Å²) in [6.45, 7) is 1.46. The largest absolute Gasteiger partial charge is 0.480 e. The molecule has 2 N–H and O–H groups in total. The zero-order chi connectivity index (χ0) is 14.3. The summed E-state index contributed by atoms with van der Waals surface area (Å²) in [6, 6.07) is 7.50. The molecule has 0 aliphatic carbocycles. The monoisotopic (exact) mass is 375 g/mol. The van der Waals surface area contributed by atoms with Gasteiger partial charge in [-0.3, -0.25) is 9.59 Å². The predicted octanol–water partition coefficient (Wildman–Crippen LogP) is 2.59. The van der Waals surface area contributed by atoms with Gasteiger partial charge in [0, 0.05) is 9.99 Å². The van der Waals surface area contributed by atoms with Crippen LogP contribution < -0.4 is 5.32 Å². The van der Waals surface area contributed by atoms with Crippen LogP contribution in [0.4, 0.5) is 0 Å². The Labute approximate surface area is 126 Å². The Morgan fingerprint density at radius 3 is 2.47 bits per heavy atom. The number of carboxylic acids is 1.